The number of nitrogens with one attached hydrogen (secondary N) is 1. The number of rotatable bonds is 5. The molecule has 116 valence electrons. The molecule has 0 saturated heterocycles. The summed E-state index contributed by atoms with van der Waals surface area (Å²) in [5, 5.41) is 12.0. The van der Waals surface area contributed by atoms with E-state index in [9.17, 15) is 4.79 Å². The number of nitrogens with zero attached hydrogens (tertiary/aromatic N) is 2. The van der Waals surface area contributed by atoms with E-state index in [1.165, 1.54) is 4.68 Å². The summed E-state index contributed by atoms with van der Waals surface area (Å²) >= 11 is 0. The SMILES string of the molecule is CCCn1nc(-c2ccc(OC)c(C)c2)cc(C(=N)N)c1=O. The Labute approximate surface area is 129 Å². The molecule has 1 aromatic heterocycles. The van der Waals surface area contributed by atoms with Gasteiger partial charge in [-0.2, -0.15) is 5.10 Å². The Morgan fingerprint density at radius 3 is 2.68 bits per heavy atom. The molecule has 22 heavy (non-hydrogen) atoms. The lowest BCUT2D eigenvalue weighted by atomic mass is 10.1. The van der Waals surface area contributed by atoms with E-state index >= 15 is 0 Å². The molecule has 3 N–H and O–H groups in total. The molecule has 6 heteroatoms. The van der Waals surface area contributed by atoms with Gasteiger partial charge >= 0.3 is 0 Å². The zero-order valence-corrected chi connectivity index (χ0v) is 13.0. The van der Waals surface area contributed by atoms with Gasteiger partial charge in [-0.3, -0.25) is 10.2 Å². The second-order valence-corrected chi connectivity index (χ2v) is 5.07. The number of benzene rings is 1. The van der Waals surface area contributed by atoms with E-state index in [1.807, 2.05) is 32.0 Å². The molecular weight excluding hydrogens is 280 g/mol. The van der Waals surface area contributed by atoms with Crippen LogP contribution in [-0.2, 0) is 6.54 Å². The van der Waals surface area contributed by atoms with E-state index in [4.69, 9.17) is 15.9 Å². The fraction of sp³-hybridized carbons (Fsp3) is 0.312. The van der Waals surface area contributed by atoms with E-state index < -0.39 is 0 Å². The first-order valence-electron chi connectivity index (χ1n) is 7.09. The van der Waals surface area contributed by atoms with Crippen LogP contribution >= 0.6 is 0 Å². The van der Waals surface area contributed by atoms with E-state index in [0.717, 1.165) is 23.3 Å². The Kier molecular flexibility index (Phi) is 4.60. The van der Waals surface area contributed by atoms with Gasteiger partial charge in [0.1, 0.15) is 11.6 Å². The minimum atomic E-state index is -0.330. The van der Waals surface area contributed by atoms with E-state index in [-0.39, 0.29) is 17.0 Å². The average Bonchev–Trinajstić information content (AvgIpc) is 2.49. The molecule has 0 aliphatic rings. The number of methoxy groups -OCH3 is 1. The van der Waals surface area contributed by atoms with Gasteiger partial charge in [0, 0.05) is 12.1 Å². The fourth-order valence-electron chi connectivity index (χ4n) is 2.28. The Balaban J connectivity index is 2.62. The van der Waals surface area contributed by atoms with Crippen LogP contribution in [0.25, 0.3) is 11.3 Å². The third-order valence-corrected chi connectivity index (χ3v) is 3.39. The van der Waals surface area contributed by atoms with Crippen LogP contribution in [0.15, 0.2) is 29.1 Å². The number of aromatic nitrogens is 2. The molecule has 0 radical (unpaired) electrons. The molecule has 0 aliphatic heterocycles. The first kappa shape index (κ1) is 15.8. The van der Waals surface area contributed by atoms with Gasteiger partial charge in [-0.25, -0.2) is 4.68 Å². The van der Waals surface area contributed by atoms with Crippen LogP contribution < -0.4 is 16.0 Å². The highest BCUT2D eigenvalue weighted by Gasteiger charge is 2.12. The van der Waals surface area contributed by atoms with Crippen molar-refractivity contribution < 1.29 is 4.74 Å². The third-order valence-electron chi connectivity index (χ3n) is 3.39. The quantitative estimate of drug-likeness (QED) is 0.651. The van der Waals surface area contributed by atoms with Crippen molar-refractivity contribution in [2.24, 2.45) is 5.73 Å². The first-order chi connectivity index (χ1) is 10.5. The molecule has 0 bridgehead atoms. The van der Waals surface area contributed by atoms with Crippen molar-refractivity contribution in [3.05, 3.63) is 45.7 Å². The predicted octanol–water partition coefficient (Wildman–Crippen LogP) is 1.92. The lowest BCUT2D eigenvalue weighted by Gasteiger charge is -2.11. The van der Waals surface area contributed by atoms with Crippen LogP contribution in [0.4, 0.5) is 0 Å². The minimum absolute atomic E-state index is 0.173. The summed E-state index contributed by atoms with van der Waals surface area (Å²) in [6.45, 7) is 4.39. The molecule has 6 nitrogen and oxygen atoms in total. The summed E-state index contributed by atoms with van der Waals surface area (Å²) in [6.07, 6.45) is 0.773. The minimum Gasteiger partial charge on any atom is -0.496 e. The number of aryl methyl sites for hydroxylation is 2. The number of ether oxygens (including phenoxy) is 1. The molecule has 1 aromatic carbocycles. The van der Waals surface area contributed by atoms with Crippen molar-refractivity contribution in [3.63, 3.8) is 0 Å². The van der Waals surface area contributed by atoms with Gasteiger partial charge in [-0.1, -0.05) is 6.92 Å². The number of hydrogen-bond donors (Lipinski definition) is 2. The average molecular weight is 300 g/mol. The van der Waals surface area contributed by atoms with Crippen molar-refractivity contribution >= 4 is 5.84 Å². The maximum absolute atomic E-state index is 12.2. The molecule has 0 unspecified atom stereocenters. The fourth-order valence-corrected chi connectivity index (χ4v) is 2.28. The molecule has 0 spiro atoms. The van der Waals surface area contributed by atoms with Crippen molar-refractivity contribution in [1.82, 2.24) is 9.78 Å². The number of hydrogen-bond acceptors (Lipinski definition) is 4. The van der Waals surface area contributed by atoms with Crippen LogP contribution in [0.2, 0.25) is 0 Å². The summed E-state index contributed by atoms with van der Waals surface area (Å²) in [4.78, 5) is 12.2. The molecule has 0 saturated carbocycles. The molecule has 0 atom stereocenters. The molecular formula is C16H20N4O2. The summed E-state index contributed by atoms with van der Waals surface area (Å²) in [5.41, 5.74) is 7.81. The van der Waals surface area contributed by atoms with Crippen LogP contribution in [0.3, 0.4) is 0 Å². The zero-order chi connectivity index (χ0) is 16.3. The standard InChI is InChI=1S/C16H20N4O2/c1-4-7-20-16(21)12(15(17)18)9-13(19-20)11-5-6-14(22-3)10(2)8-11/h5-6,8-9H,4,7H2,1-3H3,(H3,17,18). The highest BCUT2D eigenvalue weighted by atomic mass is 16.5. The van der Waals surface area contributed by atoms with Crippen LogP contribution in [0, 0.1) is 12.3 Å². The van der Waals surface area contributed by atoms with E-state index in [0.29, 0.717) is 12.2 Å². The van der Waals surface area contributed by atoms with E-state index in [1.54, 1.807) is 13.2 Å². The highest BCUT2D eigenvalue weighted by Crippen LogP contribution is 2.24. The summed E-state index contributed by atoms with van der Waals surface area (Å²) in [6, 6.07) is 7.23. The molecule has 1 heterocycles. The predicted molar refractivity (Wildman–Crippen MR) is 86.5 cm³/mol. The van der Waals surface area contributed by atoms with Gasteiger partial charge in [-0.15, -0.1) is 0 Å². The topological polar surface area (TPSA) is 94.0 Å². The Morgan fingerprint density at radius 1 is 1.41 bits per heavy atom. The van der Waals surface area contributed by atoms with Crippen molar-refractivity contribution in [3.8, 4) is 17.0 Å². The summed E-state index contributed by atoms with van der Waals surface area (Å²) in [7, 11) is 1.62. The van der Waals surface area contributed by atoms with Crippen LogP contribution in [0.1, 0.15) is 24.5 Å². The summed E-state index contributed by atoms with van der Waals surface area (Å²) < 4.78 is 6.62. The third kappa shape index (κ3) is 3.00. The highest BCUT2D eigenvalue weighted by molar-refractivity contribution is 5.95. The Bertz CT molecular complexity index is 765. The Morgan fingerprint density at radius 2 is 2.14 bits per heavy atom. The van der Waals surface area contributed by atoms with E-state index in [2.05, 4.69) is 5.10 Å². The lowest BCUT2D eigenvalue weighted by molar-refractivity contribution is 0.412. The van der Waals surface area contributed by atoms with Crippen LogP contribution in [0.5, 0.6) is 5.75 Å². The molecule has 2 rings (SSSR count). The second-order valence-electron chi connectivity index (χ2n) is 5.07. The van der Waals surface area contributed by atoms with Crippen molar-refractivity contribution in [2.75, 3.05) is 7.11 Å². The maximum Gasteiger partial charge on any atom is 0.277 e. The largest absolute Gasteiger partial charge is 0.496 e. The normalized spacial score (nSPS) is 10.5. The van der Waals surface area contributed by atoms with Gasteiger partial charge in [-0.05, 0) is 43.2 Å². The van der Waals surface area contributed by atoms with Gasteiger partial charge in [0.25, 0.3) is 5.56 Å². The van der Waals surface area contributed by atoms with Crippen molar-refractivity contribution in [1.29, 1.82) is 5.41 Å². The Hall–Kier alpha value is -2.63. The number of nitrogens with two attached hydrogens (primary N) is 1. The molecule has 2 aromatic rings. The van der Waals surface area contributed by atoms with Crippen molar-refractivity contribution in [2.45, 2.75) is 26.8 Å². The zero-order valence-electron chi connectivity index (χ0n) is 13.0. The number of amidine groups is 1. The lowest BCUT2D eigenvalue weighted by Crippen LogP contribution is -2.31. The second kappa shape index (κ2) is 6.43. The van der Waals surface area contributed by atoms with Gasteiger partial charge in [0.05, 0.1) is 18.4 Å². The number of nitrogen functional groups attached to an aromatic ring is 1. The molecule has 0 amide bonds. The van der Waals surface area contributed by atoms with Gasteiger partial charge < -0.3 is 10.5 Å². The summed E-state index contributed by atoms with van der Waals surface area (Å²) in [5.74, 6) is 0.543. The first-order valence-corrected chi connectivity index (χ1v) is 7.09. The monoisotopic (exact) mass is 300 g/mol. The smallest absolute Gasteiger partial charge is 0.277 e. The van der Waals surface area contributed by atoms with Gasteiger partial charge in [0.2, 0.25) is 0 Å². The van der Waals surface area contributed by atoms with Gasteiger partial charge in [0.15, 0.2) is 0 Å². The molecule has 0 aliphatic carbocycles. The van der Waals surface area contributed by atoms with Crippen LogP contribution in [-0.4, -0.2) is 22.7 Å². The maximum atomic E-state index is 12.2. The molecule has 0 fully saturated rings.